The van der Waals surface area contributed by atoms with Crippen LogP contribution in [0.3, 0.4) is 0 Å². The Kier molecular flexibility index (Phi) is 6.65. The molecule has 2 unspecified atom stereocenters. The van der Waals surface area contributed by atoms with E-state index in [1.165, 1.54) is 4.88 Å². The number of esters is 1. The van der Waals surface area contributed by atoms with Crippen LogP contribution in [0.5, 0.6) is 5.75 Å². The Morgan fingerprint density at radius 1 is 0.971 bits per heavy atom. The third-order valence-corrected chi connectivity index (χ3v) is 8.12. The van der Waals surface area contributed by atoms with E-state index >= 15 is 0 Å². The van der Waals surface area contributed by atoms with Crippen LogP contribution in [0.1, 0.15) is 41.4 Å². The lowest BCUT2D eigenvalue weighted by atomic mass is 9.74. The Balaban J connectivity index is 1.36. The first-order valence-corrected chi connectivity index (χ1v) is 13.0. The molecule has 2 aromatic heterocycles. The van der Waals surface area contributed by atoms with Crippen LogP contribution in [0.4, 0.5) is 0 Å². The molecule has 1 aliphatic carbocycles. The zero-order valence-corrected chi connectivity index (χ0v) is 20.4. The number of Topliss-reactive ketones (excluding diaryl/α,β-unsaturated/α-hetero) is 1. The highest BCUT2D eigenvalue weighted by molar-refractivity contribution is 7.10. The lowest BCUT2D eigenvalue weighted by molar-refractivity contribution is -0.140. The molecule has 0 radical (unpaired) electrons. The van der Waals surface area contributed by atoms with Gasteiger partial charge in [0.05, 0.1) is 11.5 Å². The Morgan fingerprint density at radius 3 is 2.41 bits per heavy atom. The van der Waals surface area contributed by atoms with Crippen LogP contribution in [0, 0.1) is 0 Å². The van der Waals surface area contributed by atoms with Crippen LogP contribution in [0.2, 0.25) is 0 Å². The minimum Gasteiger partial charge on any atom is -0.490 e. The number of dihydropyridines is 1. The van der Waals surface area contributed by atoms with Gasteiger partial charge in [0.2, 0.25) is 0 Å². The monoisotopic (exact) mass is 491 g/mol. The summed E-state index contributed by atoms with van der Waals surface area (Å²) < 4.78 is 11.3. The number of carbonyl (C=O) groups excluding carboxylic acids is 2. The van der Waals surface area contributed by atoms with Gasteiger partial charge < -0.3 is 14.8 Å². The van der Waals surface area contributed by atoms with E-state index in [9.17, 15) is 9.59 Å². The van der Waals surface area contributed by atoms with Crippen molar-refractivity contribution in [3.05, 3.63) is 97.7 Å². The average molecular weight is 492 g/mol. The first-order valence-electron chi connectivity index (χ1n) is 11.3. The molecule has 1 N–H and O–H groups in total. The maximum absolute atomic E-state index is 13.4. The topological polar surface area (TPSA) is 64.6 Å². The second-order valence-electron chi connectivity index (χ2n) is 8.35. The Labute approximate surface area is 206 Å². The quantitative estimate of drug-likeness (QED) is 0.335. The van der Waals surface area contributed by atoms with Crippen molar-refractivity contribution in [1.29, 1.82) is 0 Å². The molecule has 1 aromatic carbocycles. The van der Waals surface area contributed by atoms with Gasteiger partial charge in [0.1, 0.15) is 19.0 Å². The van der Waals surface area contributed by atoms with Crippen LogP contribution in [-0.4, -0.2) is 25.0 Å². The van der Waals surface area contributed by atoms with E-state index in [-0.39, 0.29) is 24.9 Å². The van der Waals surface area contributed by atoms with Crippen LogP contribution in [0.25, 0.3) is 0 Å². The minimum absolute atomic E-state index is 0.0933. The predicted octanol–water partition coefficient (Wildman–Crippen LogP) is 5.79. The molecule has 1 aliphatic heterocycles. The number of nitrogens with one attached hydrogen (secondary N) is 1. The molecule has 0 saturated heterocycles. The molecule has 174 valence electrons. The van der Waals surface area contributed by atoms with E-state index in [2.05, 4.69) is 11.4 Å². The number of ketones is 1. The summed E-state index contributed by atoms with van der Waals surface area (Å²) in [7, 11) is 0. The van der Waals surface area contributed by atoms with Crippen molar-refractivity contribution in [3.63, 3.8) is 0 Å². The molecule has 0 saturated carbocycles. The lowest BCUT2D eigenvalue weighted by Crippen LogP contribution is -2.36. The Bertz CT molecular complexity index is 1230. The average Bonchev–Trinajstić information content (AvgIpc) is 3.56. The number of thiophene rings is 2. The number of carbonyl (C=O) groups is 2. The van der Waals surface area contributed by atoms with Gasteiger partial charge in [0, 0.05) is 39.1 Å². The molecule has 2 atom stereocenters. The Hall–Kier alpha value is -3.16. The van der Waals surface area contributed by atoms with Crippen LogP contribution >= 0.6 is 22.7 Å². The number of para-hydroxylation sites is 1. The zero-order chi connectivity index (χ0) is 23.5. The summed E-state index contributed by atoms with van der Waals surface area (Å²) in [5, 5.41) is 7.42. The summed E-state index contributed by atoms with van der Waals surface area (Å²) in [5.74, 6) is 0.165. The fourth-order valence-electron chi connectivity index (χ4n) is 4.66. The summed E-state index contributed by atoms with van der Waals surface area (Å²) in [4.78, 5) is 28.9. The molecule has 0 amide bonds. The van der Waals surface area contributed by atoms with Crippen molar-refractivity contribution in [2.75, 3.05) is 13.2 Å². The normalized spacial score (nSPS) is 20.1. The van der Waals surface area contributed by atoms with Crippen LogP contribution in [-0.2, 0) is 14.3 Å². The molecule has 7 heteroatoms. The third kappa shape index (κ3) is 4.58. The molecule has 3 aromatic rings. The molecule has 2 aliphatic rings. The maximum atomic E-state index is 13.4. The maximum Gasteiger partial charge on any atom is 0.336 e. The second kappa shape index (κ2) is 9.99. The van der Waals surface area contributed by atoms with Crippen molar-refractivity contribution in [2.24, 2.45) is 0 Å². The molecule has 0 spiro atoms. The minimum atomic E-state index is -0.417. The van der Waals surface area contributed by atoms with Gasteiger partial charge in [0.15, 0.2) is 5.78 Å². The molecule has 0 bridgehead atoms. The first kappa shape index (κ1) is 22.6. The van der Waals surface area contributed by atoms with Crippen molar-refractivity contribution < 1.29 is 19.1 Å². The third-order valence-electron chi connectivity index (χ3n) is 6.15. The molecular formula is C27H25NO4S2. The number of hydrogen-bond donors (Lipinski definition) is 1. The molecule has 5 nitrogen and oxygen atoms in total. The molecular weight excluding hydrogens is 466 g/mol. The largest absolute Gasteiger partial charge is 0.490 e. The van der Waals surface area contributed by atoms with Gasteiger partial charge in [-0.1, -0.05) is 30.3 Å². The van der Waals surface area contributed by atoms with E-state index in [4.69, 9.17) is 9.47 Å². The lowest BCUT2D eigenvalue weighted by Gasteiger charge is -2.35. The van der Waals surface area contributed by atoms with Gasteiger partial charge in [-0.25, -0.2) is 4.79 Å². The highest BCUT2D eigenvalue weighted by atomic mass is 32.1. The summed E-state index contributed by atoms with van der Waals surface area (Å²) in [6, 6.07) is 17.5. The number of hydrogen-bond acceptors (Lipinski definition) is 7. The van der Waals surface area contributed by atoms with Gasteiger partial charge >= 0.3 is 5.97 Å². The van der Waals surface area contributed by atoms with Gasteiger partial charge in [-0.3, -0.25) is 4.79 Å². The summed E-state index contributed by atoms with van der Waals surface area (Å²) in [5.41, 5.74) is 2.87. The van der Waals surface area contributed by atoms with E-state index < -0.39 is 11.9 Å². The molecule has 3 heterocycles. The highest BCUT2D eigenvalue weighted by Gasteiger charge is 2.42. The standard InChI is InChI=1S/C27H25NO4S2/c1-17-24(27(30)32-12-11-31-19-7-3-2-4-8-19)26(23-10-6-14-34-23)25-20(28-17)15-18(16-21(25)29)22-9-5-13-33-22/h2-10,13-14,18,26,28H,11-12,15-16H2,1H3. The fourth-order valence-corrected chi connectivity index (χ4v) is 6.34. The van der Waals surface area contributed by atoms with Crippen LogP contribution in [0.15, 0.2) is 87.9 Å². The van der Waals surface area contributed by atoms with E-state index in [1.54, 1.807) is 22.7 Å². The SMILES string of the molecule is CC1=C(C(=O)OCCOc2ccccc2)C(c2cccs2)C2=C(CC(c3cccs3)CC2=O)N1. The summed E-state index contributed by atoms with van der Waals surface area (Å²) in [6.45, 7) is 2.27. The number of ether oxygens (including phenoxy) is 2. The number of allylic oxidation sites excluding steroid dienone is 3. The number of rotatable bonds is 7. The van der Waals surface area contributed by atoms with Crippen molar-refractivity contribution in [2.45, 2.75) is 31.6 Å². The van der Waals surface area contributed by atoms with E-state index in [1.807, 2.05) is 66.2 Å². The zero-order valence-electron chi connectivity index (χ0n) is 18.8. The molecule has 5 rings (SSSR count). The van der Waals surface area contributed by atoms with E-state index in [0.717, 1.165) is 28.4 Å². The predicted molar refractivity (Wildman–Crippen MR) is 134 cm³/mol. The van der Waals surface area contributed by atoms with Crippen molar-refractivity contribution >= 4 is 34.4 Å². The second-order valence-corrected chi connectivity index (χ2v) is 10.3. The summed E-state index contributed by atoms with van der Waals surface area (Å²) >= 11 is 3.24. The Morgan fingerprint density at radius 2 is 1.71 bits per heavy atom. The first-order chi connectivity index (χ1) is 16.6. The molecule has 34 heavy (non-hydrogen) atoms. The molecule has 0 fully saturated rings. The van der Waals surface area contributed by atoms with Crippen LogP contribution < -0.4 is 10.1 Å². The van der Waals surface area contributed by atoms with E-state index in [0.29, 0.717) is 17.6 Å². The fraction of sp³-hybridized carbons (Fsp3) is 0.259. The van der Waals surface area contributed by atoms with Gasteiger partial charge in [0.25, 0.3) is 0 Å². The smallest absolute Gasteiger partial charge is 0.336 e. The van der Waals surface area contributed by atoms with Gasteiger partial charge in [-0.15, -0.1) is 22.7 Å². The highest BCUT2D eigenvalue weighted by Crippen LogP contribution is 2.47. The summed E-state index contributed by atoms with van der Waals surface area (Å²) in [6.07, 6.45) is 1.21. The van der Waals surface area contributed by atoms with Crippen molar-refractivity contribution in [3.8, 4) is 5.75 Å². The van der Waals surface area contributed by atoms with Gasteiger partial charge in [-0.05, 0) is 48.4 Å². The number of benzene rings is 1. The van der Waals surface area contributed by atoms with Crippen molar-refractivity contribution in [1.82, 2.24) is 5.32 Å². The van der Waals surface area contributed by atoms with Gasteiger partial charge in [-0.2, -0.15) is 0 Å².